The summed E-state index contributed by atoms with van der Waals surface area (Å²) in [7, 11) is 0. The van der Waals surface area contributed by atoms with Gasteiger partial charge in [-0.05, 0) is 5.92 Å². The van der Waals surface area contributed by atoms with Gasteiger partial charge in [-0.3, -0.25) is 0 Å². The lowest BCUT2D eigenvalue weighted by atomic mass is 9.95. The average molecular weight is 180 g/mol. The van der Waals surface area contributed by atoms with Crippen LogP contribution in [-0.4, -0.2) is 11.2 Å². The first-order valence-electron chi connectivity index (χ1n) is 4.69. The van der Waals surface area contributed by atoms with Crippen LogP contribution >= 0.6 is 0 Å². The molecule has 1 aromatic rings. The van der Waals surface area contributed by atoms with Gasteiger partial charge in [0.1, 0.15) is 12.1 Å². The SMILES string of the molecule is CC(C)[C@@H](O)[C@@H]([NH3+])c1ccccc1. The van der Waals surface area contributed by atoms with E-state index in [1.807, 2.05) is 44.2 Å². The molecule has 0 heterocycles. The van der Waals surface area contributed by atoms with Gasteiger partial charge < -0.3 is 10.8 Å². The Bertz CT molecular complexity index is 246. The predicted octanol–water partition coefficient (Wildman–Crippen LogP) is 0.986. The molecule has 0 aromatic heterocycles. The van der Waals surface area contributed by atoms with E-state index in [1.54, 1.807) is 0 Å². The molecule has 1 rings (SSSR count). The molecule has 4 N–H and O–H groups in total. The molecule has 2 atom stereocenters. The van der Waals surface area contributed by atoms with Gasteiger partial charge in [-0.15, -0.1) is 0 Å². The van der Waals surface area contributed by atoms with E-state index < -0.39 is 0 Å². The number of aliphatic hydroxyl groups excluding tert-OH is 1. The van der Waals surface area contributed by atoms with Crippen LogP contribution in [0.1, 0.15) is 25.5 Å². The summed E-state index contributed by atoms with van der Waals surface area (Å²) in [5.41, 5.74) is 5.08. The molecule has 0 spiro atoms. The zero-order chi connectivity index (χ0) is 9.84. The van der Waals surface area contributed by atoms with E-state index in [2.05, 4.69) is 5.73 Å². The number of hydrogen-bond acceptors (Lipinski definition) is 1. The molecule has 0 saturated heterocycles. The van der Waals surface area contributed by atoms with Crippen LogP contribution in [0.3, 0.4) is 0 Å². The third-order valence-electron chi connectivity index (χ3n) is 2.32. The van der Waals surface area contributed by atoms with Crippen LogP contribution in [0.5, 0.6) is 0 Å². The van der Waals surface area contributed by atoms with Crippen LogP contribution in [0, 0.1) is 5.92 Å². The zero-order valence-corrected chi connectivity index (χ0v) is 8.27. The van der Waals surface area contributed by atoms with Crippen LogP contribution in [0.4, 0.5) is 0 Å². The highest BCUT2D eigenvalue weighted by Gasteiger charge is 2.22. The van der Waals surface area contributed by atoms with Crippen molar-refractivity contribution in [2.45, 2.75) is 26.0 Å². The second-order valence-electron chi connectivity index (χ2n) is 3.75. The third-order valence-corrected chi connectivity index (χ3v) is 2.32. The van der Waals surface area contributed by atoms with Gasteiger partial charge in [0.05, 0.1) is 0 Å². The van der Waals surface area contributed by atoms with Crippen molar-refractivity contribution in [1.29, 1.82) is 0 Å². The van der Waals surface area contributed by atoms with E-state index in [4.69, 9.17) is 0 Å². The maximum atomic E-state index is 9.79. The van der Waals surface area contributed by atoms with Crippen LogP contribution in [0.15, 0.2) is 30.3 Å². The Morgan fingerprint density at radius 2 is 1.69 bits per heavy atom. The average Bonchev–Trinajstić information content (AvgIpc) is 2.17. The van der Waals surface area contributed by atoms with E-state index in [0.29, 0.717) is 0 Å². The molecule has 1 aromatic carbocycles. The van der Waals surface area contributed by atoms with Gasteiger partial charge >= 0.3 is 0 Å². The summed E-state index contributed by atoms with van der Waals surface area (Å²) in [6.07, 6.45) is -0.359. The van der Waals surface area contributed by atoms with Crippen LogP contribution in [-0.2, 0) is 0 Å². The molecule has 72 valence electrons. The van der Waals surface area contributed by atoms with Crippen molar-refractivity contribution in [3.05, 3.63) is 35.9 Å². The number of aliphatic hydroxyl groups is 1. The van der Waals surface area contributed by atoms with Crippen LogP contribution < -0.4 is 5.73 Å². The van der Waals surface area contributed by atoms with Crippen molar-refractivity contribution in [3.8, 4) is 0 Å². The van der Waals surface area contributed by atoms with Crippen molar-refractivity contribution in [2.24, 2.45) is 5.92 Å². The Balaban J connectivity index is 2.73. The number of rotatable bonds is 3. The fourth-order valence-electron chi connectivity index (χ4n) is 1.36. The smallest absolute Gasteiger partial charge is 0.136 e. The van der Waals surface area contributed by atoms with E-state index >= 15 is 0 Å². The van der Waals surface area contributed by atoms with E-state index in [-0.39, 0.29) is 18.1 Å². The molecular formula is C11H18NO+. The quantitative estimate of drug-likeness (QED) is 0.716. The topological polar surface area (TPSA) is 47.9 Å². The monoisotopic (exact) mass is 180 g/mol. The molecule has 0 fully saturated rings. The Morgan fingerprint density at radius 3 is 2.15 bits per heavy atom. The Morgan fingerprint density at radius 1 is 1.15 bits per heavy atom. The number of benzene rings is 1. The third kappa shape index (κ3) is 2.54. The minimum absolute atomic E-state index is 0.0267. The molecule has 0 aliphatic rings. The molecule has 0 radical (unpaired) electrons. The lowest BCUT2D eigenvalue weighted by Crippen LogP contribution is -2.59. The van der Waals surface area contributed by atoms with Gasteiger partial charge in [-0.1, -0.05) is 44.2 Å². The van der Waals surface area contributed by atoms with Crippen molar-refractivity contribution >= 4 is 0 Å². The van der Waals surface area contributed by atoms with E-state index in [9.17, 15) is 5.11 Å². The predicted molar refractivity (Wildman–Crippen MR) is 52.9 cm³/mol. The van der Waals surface area contributed by atoms with Gasteiger partial charge in [0.25, 0.3) is 0 Å². The first-order valence-corrected chi connectivity index (χ1v) is 4.69. The molecule has 0 aliphatic carbocycles. The lowest BCUT2D eigenvalue weighted by molar-refractivity contribution is -0.447. The molecule has 2 heteroatoms. The zero-order valence-electron chi connectivity index (χ0n) is 8.27. The molecule has 0 unspecified atom stereocenters. The fourth-order valence-corrected chi connectivity index (χ4v) is 1.36. The Hall–Kier alpha value is -0.860. The summed E-state index contributed by atoms with van der Waals surface area (Å²) in [5.74, 6) is 0.253. The van der Waals surface area contributed by atoms with Crippen LogP contribution in [0.25, 0.3) is 0 Å². The molecule has 2 nitrogen and oxygen atoms in total. The normalized spacial score (nSPS) is 15.8. The molecule has 13 heavy (non-hydrogen) atoms. The maximum absolute atomic E-state index is 9.79. The fraction of sp³-hybridized carbons (Fsp3) is 0.455. The Kier molecular flexibility index (Phi) is 3.46. The largest absolute Gasteiger partial charge is 0.386 e. The van der Waals surface area contributed by atoms with Crippen LogP contribution in [0.2, 0.25) is 0 Å². The first kappa shape index (κ1) is 10.2. The minimum atomic E-state index is -0.359. The second-order valence-corrected chi connectivity index (χ2v) is 3.75. The van der Waals surface area contributed by atoms with E-state index in [0.717, 1.165) is 5.56 Å². The molecule has 0 amide bonds. The molecule has 0 saturated carbocycles. The number of hydrogen-bond donors (Lipinski definition) is 2. The molecular weight excluding hydrogens is 162 g/mol. The summed E-state index contributed by atoms with van der Waals surface area (Å²) in [6.45, 7) is 4.01. The van der Waals surface area contributed by atoms with Crippen molar-refractivity contribution < 1.29 is 10.8 Å². The lowest BCUT2D eigenvalue weighted by Gasteiger charge is -2.19. The standard InChI is InChI=1S/C11H17NO/c1-8(2)11(13)10(12)9-6-4-3-5-7-9/h3-8,10-11,13H,12H2,1-2H3/p+1/t10-,11+/m0/s1. The van der Waals surface area contributed by atoms with Gasteiger partial charge in [-0.2, -0.15) is 0 Å². The summed E-state index contributed by atoms with van der Waals surface area (Å²) in [5, 5.41) is 9.79. The van der Waals surface area contributed by atoms with Crippen molar-refractivity contribution in [2.75, 3.05) is 0 Å². The van der Waals surface area contributed by atoms with Gasteiger partial charge in [-0.25, -0.2) is 0 Å². The summed E-state index contributed by atoms with van der Waals surface area (Å²) >= 11 is 0. The Labute approximate surface area is 79.4 Å². The highest BCUT2D eigenvalue weighted by molar-refractivity contribution is 5.17. The molecule has 0 bridgehead atoms. The summed E-state index contributed by atoms with van der Waals surface area (Å²) in [6, 6.07) is 9.90. The molecule has 0 aliphatic heterocycles. The van der Waals surface area contributed by atoms with Gasteiger partial charge in [0.15, 0.2) is 0 Å². The van der Waals surface area contributed by atoms with Gasteiger partial charge in [0, 0.05) is 5.56 Å². The van der Waals surface area contributed by atoms with Crippen molar-refractivity contribution in [3.63, 3.8) is 0 Å². The highest BCUT2D eigenvalue weighted by atomic mass is 16.3. The second kappa shape index (κ2) is 4.40. The summed E-state index contributed by atoms with van der Waals surface area (Å²) < 4.78 is 0. The minimum Gasteiger partial charge on any atom is -0.386 e. The first-order chi connectivity index (χ1) is 6.13. The van der Waals surface area contributed by atoms with E-state index in [1.165, 1.54) is 0 Å². The van der Waals surface area contributed by atoms with Crippen molar-refractivity contribution in [1.82, 2.24) is 0 Å². The number of quaternary nitrogens is 1. The summed E-state index contributed by atoms with van der Waals surface area (Å²) in [4.78, 5) is 0. The maximum Gasteiger partial charge on any atom is 0.136 e. The van der Waals surface area contributed by atoms with Gasteiger partial charge in [0.2, 0.25) is 0 Å². The highest BCUT2D eigenvalue weighted by Crippen LogP contribution is 2.17.